The van der Waals surface area contributed by atoms with Crippen LogP contribution < -0.4 is 5.32 Å². The smallest absolute Gasteiger partial charge is 0.347 e. The normalized spacial score (nSPS) is 18.4. The summed E-state index contributed by atoms with van der Waals surface area (Å²) in [5.41, 5.74) is -2.05. The molecule has 1 aliphatic rings. The van der Waals surface area contributed by atoms with Crippen LogP contribution in [0, 0.1) is 0 Å². The lowest BCUT2D eigenvalue weighted by atomic mass is 9.93. The van der Waals surface area contributed by atoms with Crippen molar-refractivity contribution in [3.63, 3.8) is 0 Å². The zero-order valence-corrected chi connectivity index (χ0v) is 21.5. The maximum absolute atomic E-state index is 15.3. The number of hydrogen-bond donors (Lipinski definition) is 1. The Kier molecular flexibility index (Phi) is 9.06. The van der Waals surface area contributed by atoms with E-state index in [1.807, 2.05) is 4.31 Å². The molecule has 2 aromatic carbocycles. The molecule has 1 saturated heterocycles. The van der Waals surface area contributed by atoms with Crippen molar-refractivity contribution in [3.8, 4) is 11.1 Å². The van der Waals surface area contributed by atoms with E-state index in [0.717, 1.165) is 12.1 Å². The summed E-state index contributed by atoms with van der Waals surface area (Å²) in [5.74, 6) is -0.729. The first kappa shape index (κ1) is 27.7. The maximum Gasteiger partial charge on any atom is 0.416 e. The average Bonchev–Trinajstić information content (AvgIpc) is 2.79. The van der Waals surface area contributed by atoms with Crippen LogP contribution in [-0.2, 0) is 21.8 Å². The summed E-state index contributed by atoms with van der Waals surface area (Å²) < 4.78 is 68.4. The van der Waals surface area contributed by atoms with Crippen LogP contribution in [0.1, 0.15) is 25.3 Å². The van der Waals surface area contributed by atoms with Gasteiger partial charge in [-0.2, -0.15) is 13.2 Å². The maximum atomic E-state index is 15.3. The Morgan fingerprint density at radius 1 is 1.20 bits per heavy atom. The first-order valence-corrected chi connectivity index (χ1v) is 13.6. The summed E-state index contributed by atoms with van der Waals surface area (Å²) >= 11 is 7.49. The lowest BCUT2D eigenvalue weighted by Gasteiger charge is -2.35. The Morgan fingerprint density at radius 2 is 1.86 bits per heavy atom. The van der Waals surface area contributed by atoms with Crippen LogP contribution in [0.15, 0.2) is 58.8 Å². The predicted octanol–water partition coefficient (Wildman–Crippen LogP) is 6.23. The molecule has 0 spiro atoms. The molecule has 1 N–H and O–H groups in total. The van der Waals surface area contributed by atoms with Crippen LogP contribution in [0.3, 0.4) is 0 Å². The fourth-order valence-electron chi connectivity index (χ4n) is 3.59. The van der Waals surface area contributed by atoms with E-state index in [1.165, 1.54) is 29.7 Å². The van der Waals surface area contributed by atoms with Gasteiger partial charge in [0.2, 0.25) is 0 Å². The van der Waals surface area contributed by atoms with E-state index in [4.69, 9.17) is 11.6 Å². The number of hydrogen-bond acceptors (Lipinski definition) is 4. The highest BCUT2D eigenvalue weighted by molar-refractivity contribution is 7.97. The number of carbonyl (C=O) groups is 1. The van der Waals surface area contributed by atoms with Gasteiger partial charge in [-0.1, -0.05) is 35.9 Å². The van der Waals surface area contributed by atoms with Crippen molar-refractivity contribution in [3.05, 3.63) is 64.5 Å². The second-order valence-electron chi connectivity index (χ2n) is 8.26. The molecule has 35 heavy (non-hydrogen) atoms. The molecule has 1 fully saturated rings. The number of nitrogens with zero attached hydrogens (tertiary/aromatic N) is 1. The fraction of sp³-hybridized carbons (Fsp3) is 0.375. The van der Waals surface area contributed by atoms with Crippen molar-refractivity contribution in [2.24, 2.45) is 0 Å². The lowest BCUT2D eigenvalue weighted by molar-refractivity contribution is -0.137. The molecular formula is C24H25ClF4N2O2S2. The minimum atomic E-state index is -4.51. The molecule has 1 amide bonds. The van der Waals surface area contributed by atoms with E-state index in [9.17, 15) is 22.2 Å². The zero-order chi connectivity index (χ0) is 25.8. The topological polar surface area (TPSA) is 49.4 Å². The molecule has 0 saturated carbocycles. The minimum absolute atomic E-state index is 0.0654. The van der Waals surface area contributed by atoms with Gasteiger partial charge in [0.25, 0.3) is 5.91 Å². The SMILES string of the molecule is CC(/C=C\S(C)=O)NC(=O)C1(F)CCN(Sc2ccc(C(F)(F)F)cc2-c2ccccc2Cl)CC1. The van der Waals surface area contributed by atoms with Crippen molar-refractivity contribution >= 4 is 40.3 Å². The Balaban J connectivity index is 1.74. The monoisotopic (exact) mass is 548 g/mol. The average molecular weight is 549 g/mol. The number of benzene rings is 2. The fourth-order valence-corrected chi connectivity index (χ4v) is 5.32. The molecule has 3 rings (SSSR count). The molecule has 190 valence electrons. The molecule has 1 heterocycles. The van der Waals surface area contributed by atoms with E-state index in [2.05, 4.69) is 5.32 Å². The molecule has 2 atom stereocenters. The zero-order valence-electron chi connectivity index (χ0n) is 19.1. The highest BCUT2D eigenvalue weighted by Crippen LogP contribution is 2.42. The van der Waals surface area contributed by atoms with Crippen molar-refractivity contribution < 1.29 is 26.6 Å². The molecule has 2 unspecified atom stereocenters. The van der Waals surface area contributed by atoms with Crippen LogP contribution >= 0.6 is 23.5 Å². The standard InChI is InChI=1S/C24H25ClF4N2O2S2/c1-16(9-14-35(2)33)30-22(32)23(26)10-12-31(13-11-23)34-21-8-7-17(24(27,28)29)15-19(21)18-5-3-4-6-20(18)25/h3-9,14-16H,10-13H2,1-2H3,(H,30,32)/b14-9-. The summed E-state index contributed by atoms with van der Waals surface area (Å²) in [6, 6.07) is 9.65. The molecule has 2 aromatic rings. The van der Waals surface area contributed by atoms with Crippen LogP contribution in [0.4, 0.5) is 17.6 Å². The molecule has 0 aromatic heterocycles. The Bertz CT molecular complexity index is 1120. The summed E-state index contributed by atoms with van der Waals surface area (Å²) in [6.45, 7) is 2.11. The van der Waals surface area contributed by atoms with E-state index >= 15 is 4.39 Å². The highest BCUT2D eigenvalue weighted by Gasteiger charge is 2.42. The van der Waals surface area contributed by atoms with Gasteiger partial charge < -0.3 is 5.32 Å². The lowest BCUT2D eigenvalue weighted by Crippen LogP contribution is -2.51. The van der Waals surface area contributed by atoms with Gasteiger partial charge in [0.05, 0.1) is 5.56 Å². The second-order valence-corrected chi connectivity index (χ2v) is 11.1. The van der Waals surface area contributed by atoms with Gasteiger partial charge in [-0.15, -0.1) is 0 Å². The number of piperidine rings is 1. The van der Waals surface area contributed by atoms with Crippen molar-refractivity contribution in [1.29, 1.82) is 0 Å². The van der Waals surface area contributed by atoms with Crippen molar-refractivity contribution in [1.82, 2.24) is 9.62 Å². The summed E-state index contributed by atoms with van der Waals surface area (Å²) in [7, 11) is -1.17. The molecule has 11 heteroatoms. The third-order valence-corrected chi connectivity index (χ3v) is 7.58. The van der Waals surface area contributed by atoms with Gasteiger partial charge in [0.1, 0.15) is 0 Å². The number of amides is 1. The van der Waals surface area contributed by atoms with Gasteiger partial charge >= 0.3 is 6.18 Å². The Labute approximate surface area is 213 Å². The molecule has 0 bridgehead atoms. The number of nitrogens with one attached hydrogen (secondary N) is 1. The number of halogens is 5. The molecule has 4 nitrogen and oxygen atoms in total. The quantitative estimate of drug-likeness (QED) is 0.329. The third-order valence-electron chi connectivity index (χ3n) is 5.54. The van der Waals surface area contributed by atoms with E-state index in [0.29, 0.717) is 21.0 Å². The molecule has 0 aliphatic carbocycles. The Morgan fingerprint density at radius 3 is 2.46 bits per heavy atom. The summed E-state index contributed by atoms with van der Waals surface area (Å²) in [6.07, 6.45) is -1.61. The van der Waals surface area contributed by atoms with Crippen LogP contribution in [0.25, 0.3) is 11.1 Å². The van der Waals surface area contributed by atoms with E-state index in [1.54, 1.807) is 37.3 Å². The number of alkyl halides is 4. The third kappa shape index (κ3) is 7.31. The van der Waals surface area contributed by atoms with Gasteiger partial charge in [-0.05, 0) is 48.7 Å². The van der Waals surface area contributed by atoms with Crippen LogP contribution in [-0.4, -0.2) is 45.5 Å². The van der Waals surface area contributed by atoms with Gasteiger partial charge in [-0.3, -0.25) is 9.00 Å². The highest BCUT2D eigenvalue weighted by atomic mass is 35.5. The summed E-state index contributed by atoms with van der Waals surface area (Å²) in [5, 5.41) is 4.33. The first-order valence-electron chi connectivity index (χ1n) is 10.8. The van der Waals surface area contributed by atoms with E-state index < -0.39 is 40.2 Å². The summed E-state index contributed by atoms with van der Waals surface area (Å²) in [4.78, 5) is 13.1. The number of carbonyl (C=O) groups excluding carboxylic acids is 1. The Hall–Kier alpha value is -1.88. The van der Waals surface area contributed by atoms with E-state index in [-0.39, 0.29) is 25.9 Å². The van der Waals surface area contributed by atoms with Crippen LogP contribution in [0.5, 0.6) is 0 Å². The van der Waals surface area contributed by atoms with Gasteiger partial charge in [0, 0.05) is 69.9 Å². The largest absolute Gasteiger partial charge is 0.416 e. The first-order chi connectivity index (χ1) is 16.4. The van der Waals surface area contributed by atoms with Crippen LogP contribution in [0.2, 0.25) is 5.02 Å². The second kappa shape index (κ2) is 11.5. The predicted molar refractivity (Wildman–Crippen MR) is 133 cm³/mol. The number of rotatable bonds is 7. The van der Waals surface area contributed by atoms with Crippen molar-refractivity contribution in [2.45, 2.75) is 42.5 Å². The molecule has 1 aliphatic heterocycles. The molecular weight excluding hydrogens is 524 g/mol. The molecule has 0 radical (unpaired) electrons. The minimum Gasteiger partial charge on any atom is -0.347 e. The van der Waals surface area contributed by atoms with Crippen molar-refractivity contribution in [2.75, 3.05) is 19.3 Å². The van der Waals surface area contributed by atoms with Gasteiger partial charge in [-0.25, -0.2) is 8.70 Å². The van der Waals surface area contributed by atoms with Gasteiger partial charge in [0.15, 0.2) is 5.67 Å².